The van der Waals surface area contributed by atoms with Crippen LogP contribution in [0.4, 0.5) is 0 Å². The van der Waals surface area contributed by atoms with E-state index >= 15 is 0 Å². The highest BCUT2D eigenvalue weighted by molar-refractivity contribution is 7.07. The van der Waals surface area contributed by atoms with Crippen LogP contribution < -0.4 is 24.4 Å². The maximum absolute atomic E-state index is 13.9. The van der Waals surface area contributed by atoms with Gasteiger partial charge in [-0.3, -0.25) is 9.36 Å². The first kappa shape index (κ1) is 30.6. The standard InChI is InChI=1S/C33H30Cl2N2O5S/c1-5-40-27-15-21(9-14-26(27)42-18-23-12-13-24(34)17-25(23)35)16-28-31(38)37-30(22-10-7-19(3)8-11-22)29(32(39)41-6-2)20(4)36-33(37)43-28/h7-17,30H,5-6,18H2,1-4H3/t30-/m1/s1. The minimum absolute atomic E-state index is 0.218. The molecule has 7 nitrogen and oxygen atoms in total. The number of rotatable bonds is 9. The molecule has 4 aromatic rings. The van der Waals surface area contributed by atoms with Gasteiger partial charge < -0.3 is 14.2 Å². The van der Waals surface area contributed by atoms with E-state index in [4.69, 9.17) is 37.4 Å². The highest BCUT2D eigenvalue weighted by Crippen LogP contribution is 2.32. The molecule has 0 amide bonds. The molecule has 0 fully saturated rings. The van der Waals surface area contributed by atoms with Crippen LogP contribution in [-0.2, 0) is 16.1 Å². The molecule has 0 N–H and O–H groups in total. The Kier molecular flexibility index (Phi) is 9.40. The van der Waals surface area contributed by atoms with Crippen LogP contribution in [0.1, 0.15) is 49.1 Å². The molecule has 0 spiro atoms. The monoisotopic (exact) mass is 636 g/mol. The molecule has 1 aromatic heterocycles. The molecule has 2 heterocycles. The summed E-state index contributed by atoms with van der Waals surface area (Å²) in [7, 11) is 0. The number of hydrogen-bond donors (Lipinski definition) is 0. The first-order valence-corrected chi connectivity index (χ1v) is 15.4. The van der Waals surface area contributed by atoms with Gasteiger partial charge in [0.1, 0.15) is 6.61 Å². The molecule has 0 bridgehead atoms. The third-order valence-corrected chi connectivity index (χ3v) is 8.44. The molecule has 43 heavy (non-hydrogen) atoms. The molecule has 10 heteroatoms. The molecule has 0 aliphatic carbocycles. The van der Waals surface area contributed by atoms with E-state index in [0.717, 1.165) is 22.3 Å². The maximum atomic E-state index is 13.9. The van der Waals surface area contributed by atoms with Gasteiger partial charge in [0.25, 0.3) is 5.56 Å². The van der Waals surface area contributed by atoms with Crippen molar-refractivity contribution in [3.63, 3.8) is 0 Å². The van der Waals surface area contributed by atoms with Gasteiger partial charge in [0, 0.05) is 15.6 Å². The van der Waals surface area contributed by atoms with Gasteiger partial charge in [-0.25, -0.2) is 9.79 Å². The van der Waals surface area contributed by atoms with Crippen LogP contribution in [0.25, 0.3) is 6.08 Å². The van der Waals surface area contributed by atoms with Crippen LogP contribution in [-0.4, -0.2) is 23.8 Å². The molecule has 222 valence electrons. The number of allylic oxidation sites excluding steroid dienone is 1. The summed E-state index contributed by atoms with van der Waals surface area (Å²) >= 11 is 13.6. The van der Waals surface area contributed by atoms with E-state index in [0.29, 0.717) is 48.8 Å². The van der Waals surface area contributed by atoms with E-state index in [1.54, 1.807) is 42.7 Å². The number of halogens is 2. The summed E-state index contributed by atoms with van der Waals surface area (Å²) in [5.41, 5.74) is 4.04. The first-order chi connectivity index (χ1) is 20.7. The Balaban J connectivity index is 1.54. The van der Waals surface area contributed by atoms with Gasteiger partial charge in [-0.05, 0) is 69.2 Å². The van der Waals surface area contributed by atoms with Gasteiger partial charge in [0.2, 0.25) is 0 Å². The van der Waals surface area contributed by atoms with Crippen molar-refractivity contribution in [2.24, 2.45) is 4.99 Å². The SMILES string of the molecule is CCOC(=O)C1=C(C)N=c2sc(=Cc3ccc(OCc4ccc(Cl)cc4Cl)c(OCC)c3)c(=O)n2[C@@H]1c1ccc(C)cc1. The zero-order valence-electron chi connectivity index (χ0n) is 24.1. The lowest BCUT2D eigenvalue weighted by molar-refractivity contribution is -0.139. The molecule has 0 unspecified atom stereocenters. The van der Waals surface area contributed by atoms with Crippen LogP contribution in [0.2, 0.25) is 10.0 Å². The highest BCUT2D eigenvalue weighted by Gasteiger charge is 2.33. The van der Waals surface area contributed by atoms with Gasteiger partial charge in [0.15, 0.2) is 16.3 Å². The van der Waals surface area contributed by atoms with E-state index in [2.05, 4.69) is 4.99 Å². The molecule has 1 aliphatic rings. The molecule has 1 atom stereocenters. The van der Waals surface area contributed by atoms with E-state index in [1.165, 1.54) is 11.3 Å². The number of benzene rings is 3. The number of carbonyl (C=O) groups is 1. The van der Waals surface area contributed by atoms with Crippen molar-refractivity contribution < 1.29 is 19.0 Å². The minimum Gasteiger partial charge on any atom is -0.490 e. The third kappa shape index (κ3) is 6.56. The van der Waals surface area contributed by atoms with Gasteiger partial charge in [0.05, 0.1) is 35.1 Å². The molecule has 0 saturated carbocycles. The number of fused-ring (bicyclic) bond motifs is 1. The summed E-state index contributed by atoms with van der Waals surface area (Å²) in [6.45, 7) is 8.28. The highest BCUT2D eigenvalue weighted by atomic mass is 35.5. The van der Waals surface area contributed by atoms with E-state index < -0.39 is 12.0 Å². The number of aryl methyl sites for hydroxylation is 1. The lowest BCUT2D eigenvalue weighted by Gasteiger charge is -2.24. The number of carbonyl (C=O) groups excluding carboxylic acids is 1. The Morgan fingerprint density at radius 3 is 2.44 bits per heavy atom. The second kappa shape index (κ2) is 13.2. The summed E-state index contributed by atoms with van der Waals surface area (Å²) in [6.07, 6.45) is 1.79. The average Bonchev–Trinajstić information content (AvgIpc) is 3.27. The fourth-order valence-corrected chi connectivity index (χ4v) is 6.31. The van der Waals surface area contributed by atoms with Gasteiger partial charge in [-0.1, -0.05) is 76.5 Å². The molecule has 3 aromatic carbocycles. The zero-order valence-corrected chi connectivity index (χ0v) is 26.5. The second-order valence-corrected chi connectivity index (χ2v) is 11.7. The number of aromatic nitrogens is 1. The van der Waals surface area contributed by atoms with Gasteiger partial charge >= 0.3 is 5.97 Å². The normalized spacial score (nSPS) is 14.7. The van der Waals surface area contributed by atoms with Crippen molar-refractivity contribution in [2.75, 3.05) is 13.2 Å². The number of esters is 1. The zero-order chi connectivity index (χ0) is 30.7. The Labute approximate surface area is 263 Å². The summed E-state index contributed by atoms with van der Waals surface area (Å²) in [6, 6.07) is 17.9. The van der Waals surface area contributed by atoms with Gasteiger partial charge in [-0.2, -0.15) is 0 Å². The Morgan fingerprint density at radius 1 is 0.977 bits per heavy atom. The molecular formula is C33H30Cl2N2O5S. The predicted octanol–water partition coefficient (Wildman–Crippen LogP) is 6.39. The third-order valence-electron chi connectivity index (χ3n) is 6.87. The van der Waals surface area contributed by atoms with Crippen LogP contribution in [0.5, 0.6) is 11.5 Å². The summed E-state index contributed by atoms with van der Waals surface area (Å²) in [5, 5.41) is 1.07. The van der Waals surface area contributed by atoms with Crippen LogP contribution >= 0.6 is 34.5 Å². The number of thiazole rings is 1. The number of nitrogens with zero attached hydrogens (tertiary/aromatic N) is 2. The molecule has 0 radical (unpaired) electrons. The summed E-state index contributed by atoms with van der Waals surface area (Å²) in [4.78, 5) is 32.2. The topological polar surface area (TPSA) is 79.1 Å². The van der Waals surface area contributed by atoms with Crippen molar-refractivity contribution in [1.82, 2.24) is 4.57 Å². The minimum atomic E-state index is -0.660. The van der Waals surface area contributed by atoms with Crippen molar-refractivity contribution >= 4 is 46.6 Å². The molecule has 5 rings (SSSR count). The molecule has 1 aliphatic heterocycles. The lowest BCUT2D eigenvalue weighted by atomic mass is 9.95. The fourth-order valence-electron chi connectivity index (χ4n) is 4.80. The van der Waals surface area contributed by atoms with Crippen LogP contribution in [0.3, 0.4) is 0 Å². The summed E-state index contributed by atoms with van der Waals surface area (Å²) in [5.74, 6) is 0.591. The van der Waals surface area contributed by atoms with E-state index in [9.17, 15) is 9.59 Å². The van der Waals surface area contributed by atoms with Crippen LogP contribution in [0.15, 0.2) is 81.7 Å². The largest absolute Gasteiger partial charge is 0.490 e. The van der Waals surface area contributed by atoms with Crippen molar-refractivity contribution in [2.45, 2.75) is 40.3 Å². The maximum Gasteiger partial charge on any atom is 0.338 e. The predicted molar refractivity (Wildman–Crippen MR) is 170 cm³/mol. The average molecular weight is 638 g/mol. The molecule has 0 saturated heterocycles. The smallest absolute Gasteiger partial charge is 0.338 e. The first-order valence-electron chi connectivity index (χ1n) is 13.8. The van der Waals surface area contributed by atoms with Crippen LogP contribution in [0, 0.1) is 6.92 Å². The van der Waals surface area contributed by atoms with E-state index in [-0.39, 0.29) is 18.8 Å². The Bertz CT molecular complexity index is 1890. The second-order valence-electron chi connectivity index (χ2n) is 9.88. The van der Waals surface area contributed by atoms with Crippen molar-refractivity contribution in [3.05, 3.63) is 124 Å². The molecular weight excluding hydrogens is 607 g/mol. The van der Waals surface area contributed by atoms with Crippen molar-refractivity contribution in [1.29, 1.82) is 0 Å². The Hall–Kier alpha value is -3.85. The quantitative estimate of drug-likeness (QED) is 0.199. The summed E-state index contributed by atoms with van der Waals surface area (Å²) < 4.78 is 19.3. The number of ether oxygens (including phenoxy) is 3. The van der Waals surface area contributed by atoms with Crippen molar-refractivity contribution in [3.8, 4) is 11.5 Å². The lowest BCUT2D eigenvalue weighted by Crippen LogP contribution is -2.39. The fraction of sp³-hybridized carbons (Fsp3) is 0.242. The van der Waals surface area contributed by atoms with Gasteiger partial charge in [-0.15, -0.1) is 0 Å². The Morgan fingerprint density at radius 2 is 1.74 bits per heavy atom. The van der Waals surface area contributed by atoms with E-state index in [1.807, 2.05) is 56.3 Å². The number of hydrogen-bond acceptors (Lipinski definition) is 7.